The van der Waals surface area contributed by atoms with E-state index in [9.17, 15) is 13.9 Å². The van der Waals surface area contributed by atoms with Crippen LogP contribution in [0.15, 0.2) is 24.7 Å². The number of nitrogens with one attached hydrogen (secondary N) is 1. The smallest absolute Gasteiger partial charge is 0.183 e. The summed E-state index contributed by atoms with van der Waals surface area (Å²) in [6.07, 6.45) is 3.20. The lowest BCUT2D eigenvalue weighted by atomic mass is 10.2. The molecule has 3 rings (SSSR count). The van der Waals surface area contributed by atoms with Crippen molar-refractivity contribution < 1.29 is 19.0 Å². The van der Waals surface area contributed by atoms with Crippen LogP contribution in [0, 0.1) is 17.6 Å². The minimum Gasteiger partial charge on any atom is -0.394 e. The average molecular weight is 581 g/mol. The molecule has 0 aliphatic rings. The SMILES string of the molecule is CC.CC(C)C.OCC(O)CCNc1nc(-c2cn(SI)c3ncc(F)cc23)ncc1F. The molecule has 3 N–H and O–H groups in total. The fraction of sp³-hybridized carbons (Fsp3) is 0.476. The third kappa shape index (κ3) is 8.41. The second-order valence-corrected chi connectivity index (χ2v) is 8.85. The Kier molecular flexibility index (Phi) is 12.9. The molecule has 0 aliphatic heterocycles. The van der Waals surface area contributed by atoms with Crippen LogP contribution in [0.3, 0.4) is 0 Å². The molecule has 0 fully saturated rings. The van der Waals surface area contributed by atoms with Gasteiger partial charge in [-0.1, -0.05) is 34.6 Å². The second kappa shape index (κ2) is 14.6. The van der Waals surface area contributed by atoms with Crippen molar-refractivity contribution in [3.8, 4) is 11.4 Å². The summed E-state index contributed by atoms with van der Waals surface area (Å²) in [6, 6.07) is 1.33. The molecule has 1 atom stereocenters. The zero-order valence-electron chi connectivity index (χ0n) is 18.8. The summed E-state index contributed by atoms with van der Waals surface area (Å²) in [5.74, 6) is -0.123. The van der Waals surface area contributed by atoms with Crippen LogP contribution in [-0.2, 0) is 0 Å². The molecule has 3 aromatic rings. The van der Waals surface area contributed by atoms with Gasteiger partial charge in [0.25, 0.3) is 0 Å². The van der Waals surface area contributed by atoms with E-state index in [0.29, 0.717) is 16.6 Å². The number of rotatable bonds is 7. The third-order valence-electron chi connectivity index (χ3n) is 3.62. The van der Waals surface area contributed by atoms with Crippen molar-refractivity contribution in [2.75, 3.05) is 18.5 Å². The summed E-state index contributed by atoms with van der Waals surface area (Å²) in [5, 5.41) is 21.4. The summed E-state index contributed by atoms with van der Waals surface area (Å²) >= 11 is 2.07. The fourth-order valence-corrected chi connectivity index (χ4v) is 3.61. The Morgan fingerprint density at radius 1 is 1.19 bits per heavy atom. The maximum absolute atomic E-state index is 14.0. The number of aliphatic hydroxyl groups excluding tert-OH is 2. The van der Waals surface area contributed by atoms with Gasteiger partial charge in [-0.3, -0.25) is 3.97 Å². The molecule has 1 unspecified atom stereocenters. The second-order valence-electron chi connectivity index (χ2n) is 7.14. The monoisotopic (exact) mass is 581 g/mol. The topological polar surface area (TPSA) is 96.1 Å². The first-order chi connectivity index (χ1) is 15.3. The van der Waals surface area contributed by atoms with Gasteiger partial charge < -0.3 is 15.5 Å². The molecule has 3 aromatic heterocycles. The van der Waals surface area contributed by atoms with Gasteiger partial charge in [0.15, 0.2) is 23.1 Å². The van der Waals surface area contributed by atoms with Gasteiger partial charge in [-0.05, 0) is 18.4 Å². The normalized spacial score (nSPS) is 11.5. The van der Waals surface area contributed by atoms with Crippen LogP contribution in [0.25, 0.3) is 22.4 Å². The van der Waals surface area contributed by atoms with Crippen molar-refractivity contribution in [2.24, 2.45) is 5.92 Å². The summed E-state index contributed by atoms with van der Waals surface area (Å²) in [6.45, 7) is 10.3. The highest BCUT2D eigenvalue weighted by molar-refractivity contribution is 14.2. The first kappa shape index (κ1) is 28.5. The molecule has 0 aromatic carbocycles. The van der Waals surface area contributed by atoms with E-state index in [4.69, 9.17) is 5.11 Å². The van der Waals surface area contributed by atoms with E-state index in [1.807, 2.05) is 13.8 Å². The lowest BCUT2D eigenvalue weighted by Gasteiger charge is -2.10. The number of hydrogen-bond donors (Lipinski definition) is 3. The summed E-state index contributed by atoms with van der Waals surface area (Å²) < 4.78 is 29.3. The summed E-state index contributed by atoms with van der Waals surface area (Å²) in [7, 11) is 1.35. The Bertz CT molecular complexity index is 972. The predicted octanol–water partition coefficient (Wildman–Crippen LogP) is 5.46. The van der Waals surface area contributed by atoms with Crippen LogP contribution < -0.4 is 5.32 Å². The summed E-state index contributed by atoms with van der Waals surface area (Å²) in [4.78, 5) is 12.3. The molecular weight excluding hydrogens is 551 g/mol. The van der Waals surface area contributed by atoms with Gasteiger partial charge in [0.1, 0.15) is 5.82 Å². The van der Waals surface area contributed by atoms with Crippen LogP contribution in [-0.4, -0.2) is 48.4 Å². The Morgan fingerprint density at radius 2 is 1.84 bits per heavy atom. The first-order valence-corrected chi connectivity index (χ1v) is 13.6. The molecule has 178 valence electrons. The quantitative estimate of drug-likeness (QED) is 0.319. The molecule has 0 radical (unpaired) electrons. The van der Waals surface area contributed by atoms with Crippen molar-refractivity contribution in [3.63, 3.8) is 0 Å². The van der Waals surface area contributed by atoms with E-state index in [0.717, 1.165) is 18.3 Å². The van der Waals surface area contributed by atoms with Gasteiger partial charge in [-0.15, -0.1) is 0 Å². The molecule has 0 amide bonds. The predicted molar refractivity (Wildman–Crippen MR) is 136 cm³/mol. The van der Waals surface area contributed by atoms with Crippen LogP contribution in [0.2, 0.25) is 0 Å². The lowest BCUT2D eigenvalue weighted by molar-refractivity contribution is 0.0910. The summed E-state index contributed by atoms with van der Waals surface area (Å²) in [5.41, 5.74) is 1.07. The van der Waals surface area contributed by atoms with Crippen LogP contribution >= 0.6 is 30.3 Å². The molecule has 32 heavy (non-hydrogen) atoms. The molecule has 0 aliphatic carbocycles. The van der Waals surface area contributed by atoms with Gasteiger partial charge in [0.2, 0.25) is 0 Å². The molecule has 0 spiro atoms. The van der Waals surface area contributed by atoms with E-state index in [2.05, 4.69) is 62.2 Å². The Hall–Kier alpha value is -1.57. The molecule has 7 nitrogen and oxygen atoms in total. The van der Waals surface area contributed by atoms with Crippen molar-refractivity contribution in [2.45, 2.75) is 47.1 Å². The van der Waals surface area contributed by atoms with Crippen LogP contribution in [0.4, 0.5) is 14.6 Å². The lowest BCUT2D eigenvalue weighted by Crippen LogP contribution is -2.18. The number of anilines is 1. The highest BCUT2D eigenvalue weighted by atomic mass is 127. The number of pyridine rings is 1. The van der Waals surface area contributed by atoms with Crippen molar-refractivity contribution in [1.82, 2.24) is 18.9 Å². The van der Waals surface area contributed by atoms with Gasteiger partial charge in [-0.25, -0.2) is 23.7 Å². The molecule has 0 saturated heterocycles. The van der Waals surface area contributed by atoms with E-state index < -0.39 is 17.7 Å². The van der Waals surface area contributed by atoms with Gasteiger partial charge in [0, 0.05) is 54.0 Å². The maximum Gasteiger partial charge on any atom is 0.183 e. The molecule has 0 bridgehead atoms. The van der Waals surface area contributed by atoms with E-state index in [1.54, 1.807) is 10.2 Å². The third-order valence-corrected chi connectivity index (χ3v) is 5.32. The number of hydrogen-bond acceptors (Lipinski definition) is 7. The zero-order valence-corrected chi connectivity index (χ0v) is 21.8. The van der Waals surface area contributed by atoms with Crippen LogP contribution in [0.1, 0.15) is 41.0 Å². The highest BCUT2D eigenvalue weighted by Gasteiger charge is 2.17. The Morgan fingerprint density at radius 3 is 2.44 bits per heavy atom. The number of aliphatic hydroxyl groups is 2. The average Bonchev–Trinajstić information content (AvgIpc) is 3.13. The highest BCUT2D eigenvalue weighted by Crippen LogP contribution is 2.33. The molecule has 0 saturated carbocycles. The fourth-order valence-electron chi connectivity index (χ4n) is 2.35. The van der Waals surface area contributed by atoms with E-state index >= 15 is 0 Å². The van der Waals surface area contributed by atoms with Gasteiger partial charge in [-0.2, -0.15) is 0 Å². The van der Waals surface area contributed by atoms with E-state index in [-0.39, 0.29) is 31.2 Å². The number of halogens is 3. The molecule has 3 heterocycles. The Balaban J connectivity index is 0.000000769. The number of aromatic nitrogens is 4. The maximum atomic E-state index is 14.0. The standard InChI is InChI=1S/C15H14F2IN5O2S.C4H10.C2H6/c16-8-3-10-11(6-23(26-18)15(10)21-4-8)13-20-5-12(17)14(22-13)19-2-1-9(25)7-24;1-4(2)3;1-2/h3-6,9,24-25H,1-2,7H2,(H,19,20,22);4H,1-3H3;1-2H3. The largest absolute Gasteiger partial charge is 0.394 e. The van der Waals surface area contributed by atoms with E-state index in [1.165, 1.54) is 15.2 Å². The number of nitrogens with zero attached hydrogens (tertiary/aromatic N) is 4. The zero-order chi connectivity index (χ0) is 24.3. The molecular formula is C21H30F2IN5O2S. The van der Waals surface area contributed by atoms with Crippen molar-refractivity contribution in [3.05, 3.63) is 36.3 Å². The van der Waals surface area contributed by atoms with Crippen LogP contribution in [0.5, 0.6) is 0 Å². The Labute approximate surface area is 203 Å². The van der Waals surface area contributed by atoms with Gasteiger partial charge in [0.05, 0.1) is 25.1 Å². The van der Waals surface area contributed by atoms with Crippen molar-refractivity contribution >= 4 is 47.2 Å². The molecule has 11 heteroatoms. The van der Waals surface area contributed by atoms with Crippen molar-refractivity contribution in [1.29, 1.82) is 0 Å². The minimum absolute atomic E-state index is 0.0347. The minimum atomic E-state index is -0.889. The number of fused-ring (bicyclic) bond motifs is 1. The first-order valence-electron chi connectivity index (χ1n) is 10.3. The van der Waals surface area contributed by atoms with Gasteiger partial charge >= 0.3 is 0 Å².